The fraction of sp³-hybridized carbons (Fsp3) is 0.429. The van der Waals surface area contributed by atoms with Gasteiger partial charge < -0.3 is 14.2 Å². The number of rotatable bonds is 5. The summed E-state index contributed by atoms with van der Waals surface area (Å²) in [7, 11) is -5.99. The van der Waals surface area contributed by atoms with Crippen LogP contribution in [0.5, 0.6) is 5.75 Å². The Balaban J connectivity index is 3.08. The first-order chi connectivity index (χ1) is 12.0. The average molecular weight is 634 g/mol. The number of carbonyl (C=O) groups is 2. The van der Waals surface area contributed by atoms with E-state index < -0.39 is 39.7 Å². The Morgan fingerprint density at radius 3 is 2.22 bits per heavy atom. The molecule has 0 amide bonds. The summed E-state index contributed by atoms with van der Waals surface area (Å²) in [6.07, 6.45) is -1.07. The van der Waals surface area contributed by atoms with Gasteiger partial charge >= 0.3 is 27.5 Å². The summed E-state index contributed by atoms with van der Waals surface area (Å²) in [5.74, 6) is -2.57. The van der Waals surface area contributed by atoms with Crippen LogP contribution in [-0.4, -0.2) is 36.0 Å². The predicted molar refractivity (Wildman–Crippen MR) is 105 cm³/mol. The van der Waals surface area contributed by atoms with Gasteiger partial charge in [-0.1, -0.05) is 0 Å². The van der Waals surface area contributed by atoms with Crippen molar-refractivity contribution in [2.75, 3.05) is 0 Å². The van der Waals surface area contributed by atoms with E-state index in [0.717, 1.165) is 0 Å². The van der Waals surface area contributed by atoms with Crippen molar-refractivity contribution in [1.29, 1.82) is 0 Å². The molecule has 0 aliphatic rings. The summed E-state index contributed by atoms with van der Waals surface area (Å²) in [5.41, 5.74) is -0.841. The third-order valence-corrected chi connectivity index (χ3v) is 4.82. The van der Waals surface area contributed by atoms with Crippen LogP contribution < -0.4 is 4.74 Å². The lowest BCUT2D eigenvalue weighted by Gasteiger charge is -2.20. The second-order valence-electron chi connectivity index (χ2n) is 6.01. The molecule has 0 spiro atoms. The Kier molecular flexibility index (Phi) is 7.80. The molecule has 8 nitrogen and oxygen atoms in total. The molecule has 1 N–H and O–H groups in total. The zero-order valence-electron chi connectivity index (χ0n) is 14.1. The number of halogens is 4. The lowest BCUT2D eigenvalue weighted by molar-refractivity contribution is -0.162. The standard InChI is InChI=1S/C14H14F2I2O8S/c1-13(2,3)26-12(20)25-10-7(4-8(17)5-9(10)18)6-24-11(19)14(15,16)27(21,22)23/h4-5H,6H2,1-3H3,(H,21,22,23). The van der Waals surface area contributed by atoms with Crippen molar-refractivity contribution in [3.63, 3.8) is 0 Å². The van der Waals surface area contributed by atoms with Crippen molar-refractivity contribution in [2.24, 2.45) is 0 Å². The fourth-order valence-electron chi connectivity index (χ4n) is 1.52. The largest absolute Gasteiger partial charge is 0.514 e. The maximum Gasteiger partial charge on any atom is 0.514 e. The summed E-state index contributed by atoms with van der Waals surface area (Å²) in [6, 6.07) is 2.97. The lowest BCUT2D eigenvalue weighted by atomic mass is 10.2. The lowest BCUT2D eigenvalue weighted by Crippen LogP contribution is -2.38. The van der Waals surface area contributed by atoms with Crippen LogP contribution in [0.2, 0.25) is 0 Å². The van der Waals surface area contributed by atoms with Gasteiger partial charge in [0.1, 0.15) is 12.2 Å². The highest BCUT2D eigenvalue weighted by molar-refractivity contribution is 14.1. The summed E-state index contributed by atoms with van der Waals surface area (Å²) in [4.78, 5) is 23.2. The third-order valence-electron chi connectivity index (χ3n) is 2.58. The topological polar surface area (TPSA) is 116 Å². The van der Waals surface area contributed by atoms with Gasteiger partial charge in [-0.3, -0.25) is 4.55 Å². The summed E-state index contributed by atoms with van der Waals surface area (Å²) >= 11 is 3.69. The molecule has 13 heteroatoms. The van der Waals surface area contributed by atoms with E-state index in [9.17, 15) is 26.8 Å². The summed E-state index contributed by atoms with van der Waals surface area (Å²) < 4.78 is 71.4. The van der Waals surface area contributed by atoms with E-state index in [4.69, 9.17) is 14.0 Å². The Morgan fingerprint density at radius 2 is 1.74 bits per heavy atom. The Morgan fingerprint density at radius 1 is 1.19 bits per heavy atom. The first kappa shape index (κ1) is 24.2. The number of hydrogen-bond acceptors (Lipinski definition) is 7. The molecule has 0 radical (unpaired) electrons. The van der Waals surface area contributed by atoms with Crippen LogP contribution in [0, 0.1) is 7.14 Å². The molecule has 1 aromatic rings. The Labute approximate surface area is 180 Å². The minimum atomic E-state index is -5.99. The number of benzene rings is 1. The van der Waals surface area contributed by atoms with E-state index in [2.05, 4.69) is 4.74 Å². The van der Waals surface area contributed by atoms with Gasteiger partial charge in [-0.2, -0.15) is 17.2 Å². The van der Waals surface area contributed by atoms with Gasteiger partial charge in [0.2, 0.25) is 0 Å². The average Bonchev–Trinajstić information content (AvgIpc) is 2.44. The van der Waals surface area contributed by atoms with Crippen molar-refractivity contribution in [3.8, 4) is 5.75 Å². The second-order valence-corrected chi connectivity index (χ2v) is 9.88. The molecule has 0 aliphatic carbocycles. The van der Waals surface area contributed by atoms with Gasteiger partial charge in [0, 0.05) is 9.13 Å². The molecule has 0 saturated carbocycles. The van der Waals surface area contributed by atoms with E-state index in [1.54, 1.807) is 49.4 Å². The van der Waals surface area contributed by atoms with Crippen LogP contribution in [0.1, 0.15) is 26.3 Å². The van der Waals surface area contributed by atoms with E-state index >= 15 is 0 Å². The molecule has 0 bridgehead atoms. The quantitative estimate of drug-likeness (QED) is 0.226. The normalized spacial score (nSPS) is 12.4. The Hall–Kier alpha value is -0.810. The Bertz CT molecular complexity index is 849. The summed E-state index contributed by atoms with van der Waals surface area (Å²) in [6.45, 7) is 3.97. The van der Waals surface area contributed by atoms with Crippen molar-refractivity contribution in [2.45, 2.75) is 38.2 Å². The smallest absolute Gasteiger partial charge is 0.455 e. The number of ether oxygens (including phenoxy) is 3. The molecule has 0 atom stereocenters. The first-order valence-electron chi connectivity index (χ1n) is 6.95. The highest BCUT2D eigenvalue weighted by Gasteiger charge is 2.54. The van der Waals surface area contributed by atoms with Crippen molar-refractivity contribution in [1.82, 2.24) is 0 Å². The number of alkyl halides is 2. The van der Waals surface area contributed by atoms with Gasteiger partial charge in [-0.15, -0.1) is 0 Å². The summed E-state index contributed by atoms with van der Waals surface area (Å²) in [5, 5.41) is -5.13. The molecule has 27 heavy (non-hydrogen) atoms. The van der Waals surface area contributed by atoms with Gasteiger partial charge in [0.15, 0.2) is 5.75 Å². The molecule has 152 valence electrons. The molecule has 1 rings (SSSR count). The van der Waals surface area contributed by atoms with Crippen LogP contribution in [-0.2, 0) is 31.0 Å². The molecule has 0 saturated heterocycles. The van der Waals surface area contributed by atoms with E-state index in [-0.39, 0.29) is 11.3 Å². The molecule has 1 aromatic carbocycles. The maximum atomic E-state index is 13.3. The molecule has 0 heterocycles. The third kappa shape index (κ3) is 6.94. The minimum Gasteiger partial charge on any atom is -0.455 e. The van der Waals surface area contributed by atoms with Crippen LogP contribution in [0.3, 0.4) is 0 Å². The minimum absolute atomic E-state index is 0.0108. The first-order valence-corrected chi connectivity index (χ1v) is 10.5. The van der Waals surface area contributed by atoms with Gasteiger partial charge in [0.25, 0.3) is 0 Å². The van der Waals surface area contributed by atoms with Crippen LogP contribution in [0.4, 0.5) is 13.6 Å². The number of esters is 1. The van der Waals surface area contributed by atoms with Crippen molar-refractivity contribution >= 4 is 67.4 Å². The zero-order valence-corrected chi connectivity index (χ0v) is 19.2. The molecule has 0 unspecified atom stereocenters. The highest BCUT2D eigenvalue weighted by Crippen LogP contribution is 2.31. The fourth-order valence-corrected chi connectivity index (χ4v) is 3.87. The van der Waals surface area contributed by atoms with E-state index in [0.29, 0.717) is 7.14 Å². The molecular formula is C14H14F2I2O8S. The van der Waals surface area contributed by atoms with Crippen LogP contribution in [0.25, 0.3) is 0 Å². The maximum absolute atomic E-state index is 13.3. The molecule has 0 fully saturated rings. The molecule has 0 aliphatic heterocycles. The van der Waals surface area contributed by atoms with E-state index in [1.807, 2.05) is 22.6 Å². The van der Waals surface area contributed by atoms with Gasteiger partial charge in [-0.25, -0.2) is 9.59 Å². The molecular weight excluding hydrogens is 620 g/mol. The van der Waals surface area contributed by atoms with Crippen molar-refractivity contribution < 1.29 is 45.6 Å². The van der Waals surface area contributed by atoms with Gasteiger partial charge in [-0.05, 0) is 78.1 Å². The van der Waals surface area contributed by atoms with E-state index in [1.165, 1.54) is 6.07 Å². The highest BCUT2D eigenvalue weighted by atomic mass is 127. The van der Waals surface area contributed by atoms with Crippen LogP contribution in [0.15, 0.2) is 12.1 Å². The SMILES string of the molecule is CC(C)(C)OC(=O)Oc1c(I)cc(I)cc1COC(=O)C(F)(F)S(=O)(=O)O. The number of hydrogen-bond donors (Lipinski definition) is 1. The number of carbonyl (C=O) groups excluding carboxylic acids is 2. The molecule has 0 aromatic heterocycles. The predicted octanol–water partition coefficient (Wildman–Crippen LogP) is 3.73. The second kappa shape index (κ2) is 8.69. The monoisotopic (exact) mass is 634 g/mol. The van der Waals surface area contributed by atoms with Crippen LogP contribution >= 0.6 is 45.2 Å². The van der Waals surface area contributed by atoms with Crippen molar-refractivity contribution in [3.05, 3.63) is 24.8 Å². The zero-order chi connectivity index (χ0) is 21.2. The van der Waals surface area contributed by atoms with Gasteiger partial charge in [0.05, 0.1) is 3.57 Å².